The molecule has 1 aromatic heterocycles. The fourth-order valence-corrected chi connectivity index (χ4v) is 1.86. The Morgan fingerprint density at radius 2 is 2.35 bits per heavy atom. The van der Waals surface area contributed by atoms with Gasteiger partial charge in [0.2, 0.25) is 0 Å². The number of rotatable bonds is 5. The summed E-state index contributed by atoms with van der Waals surface area (Å²) >= 11 is 0. The second-order valence-electron chi connectivity index (χ2n) is 4.76. The zero-order valence-corrected chi connectivity index (χ0v) is 10.5. The Balaban J connectivity index is 2.07. The van der Waals surface area contributed by atoms with Gasteiger partial charge in [0, 0.05) is 24.7 Å². The number of hydrogen-bond acceptors (Lipinski definition) is 2. The van der Waals surface area contributed by atoms with Gasteiger partial charge in [-0.05, 0) is 32.8 Å². The smallest absolute Gasteiger partial charge is 0.274 e. The summed E-state index contributed by atoms with van der Waals surface area (Å²) in [4.78, 5) is 13.9. The van der Waals surface area contributed by atoms with Crippen LogP contribution in [0.15, 0.2) is 18.2 Å². The molecule has 4 heteroatoms. The standard InChI is InChI=1S/C13H19N3O/c1-4-16(8-9(2)3)13(17)12-7-11(14-15-12)10-5-6-10/h7,10H,2,4-6,8H2,1,3H3,(H,14,15). The van der Waals surface area contributed by atoms with Crippen molar-refractivity contribution in [3.63, 3.8) is 0 Å². The molecule has 0 radical (unpaired) electrons. The van der Waals surface area contributed by atoms with E-state index < -0.39 is 0 Å². The van der Waals surface area contributed by atoms with E-state index in [-0.39, 0.29) is 5.91 Å². The van der Waals surface area contributed by atoms with Gasteiger partial charge in [-0.15, -0.1) is 0 Å². The van der Waals surface area contributed by atoms with Crippen molar-refractivity contribution in [3.8, 4) is 0 Å². The minimum Gasteiger partial charge on any atom is -0.334 e. The van der Waals surface area contributed by atoms with Gasteiger partial charge in [0.15, 0.2) is 0 Å². The zero-order valence-electron chi connectivity index (χ0n) is 10.5. The van der Waals surface area contributed by atoms with Gasteiger partial charge < -0.3 is 4.90 Å². The van der Waals surface area contributed by atoms with Crippen LogP contribution in [0.1, 0.15) is 48.8 Å². The normalized spacial score (nSPS) is 14.7. The van der Waals surface area contributed by atoms with Gasteiger partial charge in [0.1, 0.15) is 5.69 Å². The molecule has 4 nitrogen and oxygen atoms in total. The van der Waals surface area contributed by atoms with Crippen LogP contribution in [0.5, 0.6) is 0 Å². The lowest BCUT2D eigenvalue weighted by Gasteiger charge is -2.19. The summed E-state index contributed by atoms with van der Waals surface area (Å²) < 4.78 is 0. The number of H-pyrrole nitrogens is 1. The maximum Gasteiger partial charge on any atom is 0.274 e. The SMILES string of the molecule is C=C(C)CN(CC)C(=O)c1cc(C2CC2)[nH]n1. The highest BCUT2D eigenvalue weighted by atomic mass is 16.2. The number of amides is 1. The molecule has 1 amide bonds. The fraction of sp³-hybridized carbons (Fsp3) is 0.538. The van der Waals surface area contributed by atoms with E-state index in [1.165, 1.54) is 12.8 Å². The van der Waals surface area contributed by atoms with E-state index in [0.717, 1.165) is 11.3 Å². The Hall–Kier alpha value is -1.58. The topological polar surface area (TPSA) is 49.0 Å². The van der Waals surface area contributed by atoms with Crippen LogP contribution in [0.25, 0.3) is 0 Å². The Morgan fingerprint density at radius 3 is 2.88 bits per heavy atom. The Labute approximate surface area is 102 Å². The molecule has 1 aromatic rings. The fourth-order valence-electron chi connectivity index (χ4n) is 1.86. The van der Waals surface area contributed by atoms with Gasteiger partial charge >= 0.3 is 0 Å². The minimum absolute atomic E-state index is 0.0151. The molecule has 17 heavy (non-hydrogen) atoms. The van der Waals surface area contributed by atoms with Crippen molar-refractivity contribution in [2.24, 2.45) is 0 Å². The molecule has 0 bridgehead atoms. The number of carbonyl (C=O) groups is 1. The molecule has 2 rings (SSSR count). The minimum atomic E-state index is -0.0151. The first kappa shape index (κ1) is 11.9. The second kappa shape index (κ2) is 4.73. The van der Waals surface area contributed by atoms with Crippen molar-refractivity contribution in [1.82, 2.24) is 15.1 Å². The molecule has 1 aliphatic rings. The maximum atomic E-state index is 12.2. The van der Waals surface area contributed by atoms with Crippen LogP contribution in [0.4, 0.5) is 0 Å². The highest BCUT2D eigenvalue weighted by molar-refractivity contribution is 5.92. The van der Waals surface area contributed by atoms with Crippen molar-refractivity contribution in [1.29, 1.82) is 0 Å². The molecule has 1 heterocycles. The van der Waals surface area contributed by atoms with Crippen LogP contribution in [-0.2, 0) is 0 Å². The van der Waals surface area contributed by atoms with Crippen LogP contribution in [0.2, 0.25) is 0 Å². The summed E-state index contributed by atoms with van der Waals surface area (Å²) in [6, 6.07) is 1.89. The average Bonchev–Trinajstić information content (AvgIpc) is 3.03. The summed E-state index contributed by atoms with van der Waals surface area (Å²) in [6.07, 6.45) is 2.41. The third-order valence-electron chi connectivity index (χ3n) is 2.96. The largest absolute Gasteiger partial charge is 0.334 e. The Morgan fingerprint density at radius 1 is 1.65 bits per heavy atom. The van der Waals surface area contributed by atoms with E-state index in [1.807, 2.05) is 19.9 Å². The van der Waals surface area contributed by atoms with Gasteiger partial charge in [0.25, 0.3) is 5.91 Å². The quantitative estimate of drug-likeness (QED) is 0.793. The number of hydrogen-bond donors (Lipinski definition) is 1. The predicted octanol–water partition coefficient (Wildman–Crippen LogP) is 2.33. The predicted molar refractivity (Wildman–Crippen MR) is 67.0 cm³/mol. The summed E-state index contributed by atoms with van der Waals surface area (Å²) in [5.74, 6) is 0.582. The summed E-state index contributed by atoms with van der Waals surface area (Å²) in [7, 11) is 0. The molecular formula is C13H19N3O. The van der Waals surface area contributed by atoms with Gasteiger partial charge in [-0.3, -0.25) is 9.89 Å². The Kier molecular flexibility index (Phi) is 3.31. The van der Waals surface area contributed by atoms with Crippen LogP contribution < -0.4 is 0 Å². The number of nitrogens with one attached hydrogen (secondary N) is 1. The molecule has 0 saturated heterocycles. The molecule has 92 valence electrons. The van der Waals surface area contributed by atoms with E-state index in [2.05, 4.69) is 16.8 Å². The van der Waals surface area contributed by atoms with Gasteiger partial charge in [-0.1, -0.05) is 12.2 Å². The van der Waals surface area contributed by atoms with Crippen LogP contribution in [-0.4, -0.2) is 34.1 Å². The van der Waals surface area contributed by atoms with E-state index in [4.69, 9.17) is 0 Å². The van der Waals surface area contributed by atoms with Crippen molar-refractivity contribution >= 4 is 5.91 Å². The van der Waals surface area contributed by atoms with E-state index >= 15 is 0 Å². The molecule has 1 aliphatic carbocycles. The molecule has 0 spiro atoms. The lowest BCUT2D eigenvalue weighted by Crippen LogP contribution is -2.32. The number of nitrogens with zero attached hydrogens (tertiary/aromatic N) is 2. The summed E-state index contributed by atoms with van der Waals surface area (Å²) in [6.45, 7) is 9.01. The summed E-state index contributed by atoms with van der Waals surface area (Å²) in [5.41, 5.74) is 2.60. The van der Waals surface area contributed by atoms with Crippen molar-refractivity contribution in [2.75, 3.05) is 13.1 Å². The van der Waals surface area contributed by atoms with Crippen molar-refractivity contribution < 1.29 is 4.79 Å². The third kappa shape index (κ3) is 2.75. The van der Waals surface area contributed by atoms with Gasteiger partial charge in [-0.25, -0.2) is 0 Å². The zero-order chi connectivity index (χ0) is 12.4. The maximum absolute atomic E-state index is 12.2. The lowest BCUT2D eigenvalue weighted by molar-refractivity contribution is 0.0772. The molecule has 1 fully saturated rings. The van der Waals surface area contributed by atoms with Crippen molar-refractivity contribution in [3.05, 3.63) is 29.6 Å². The Bertz CT molecular complexity index is 432. The molecule has 0 aliphatic heterocycles. The van der Waals surface area contributed by atoms with Crippen LogP contribution in [0, 0.1) is 0 Å². The number of aromatic amines is 1. The van der Waals surface area contributed by atoms with Gasteiger partial charge in [-0.2, -0.15) is 5.10 Å². The first-order valence-corrected chi connectivity index (χ1v) is 6.10. The summed E-state index contributed by atoms with van der Waals surface area (Å²) in [5, 5.41) is 7.07. The van der Waals surface area contributed by atoms with Gasteiger partial charge in [0.05, 0.1) is 0 Å². The average molecular weight is 233 g/mol. The third-order valence-corrected chi connectivity index (χ3v) is 2.96. The second-order valence-corrected chi connectivity index (χ2v) is 4.76. The molecule has 0 unspecified atom stereocenters. The van der Waals surface area contributed by atoms with Crippen LogP contribution >= 0.6 is 0 Å². The molecule has 1 N–H and O–H groups in total. The van der Waals surface area contributed by atoms with E-state index in [0.29, 0.717) is 24.7 Å². The molecule has 0 atom stereocenters. The number of carbonyl (C=O) groups excluding carboxylic acids is 1. The van der Waals surface area contributed by atoms with Crippen molar-refractivity contribution in [2.45, 2.75) is 32.6 Å². The lowest BCUT2D eigenvalue weighted by atomic mass is 10.2. The molecule has 1 saturated carbocycles. The molecular weight excluding hydrogens is 214 g/mol. The molecule has 0 aromatic carbocycles. The number of likely N-dealkylation sites (N-methyl/N-ethyl adjacent to an activating group) is 1. The van der Waals surface area contributed by atoms with Crippen LogP contribution in [0.3, 0.4) is 0 Å². The first-order chi connectivity index (χ1) is 8.11. The highest BCUT2D eigenvalue weighted by Gasteiger charge is 2.27. The monoisotopic (exact) mass is 233 g/mol. The highest BCUT2D eigenvalue weighted by Crippen LogP contribution is 2.39. The first-order valence-electron chi connectivity index (χ1n) is 6.10. The van der Waals surface area contributed by atoms with E-state index in [1.54, 1.807) is 4.90 Å². The van der Waals surface area contributed by atoms with E-state index in [9.17, 15) is 4.79 Å². The number of aromatic nitrogens is 2.